The van der Waals surface area contributed by atoms with Crippen LogP contribution in [-0.2, 0) is 21.4 Å². The second-order valence-corrected chi connectivity index (χ2v) is 8.02. The summed E-state index contributed by atoms with van der Waals surface area (Å²) in [7, 11) is -1.92. The van der Waals surface area contributed by atoms with E-state index in [1.807, 2.05) is 30.3 Å². The molecule has 1 aliphatic heterocycles. The van der Waals surface area contributed by atoms with Gasteiger partial charge in [0, 0.05) is 32.2 Å². The Labute approximate surface area is 143 Å². The lowest BCUT2D eigenvalue weighted by atomic mass is 9.95. The largest absolute Gasteiger partial charge is 0.380 e. The molecule has 6 heteroatoms. The third-order valence-corrected chi connectivity index (χ3v) is 6.28. The van der Waals surface area contributed by atoms with Gasteiger partial charge in [-0.2, -0.15) is 4.31 Å². The zero-order valence-corrected chi connectivity index (χ0v) is 14.4. The van der Waals surface area contributed by atoms with Crippen LogP contribution in [0.25, 0.3) is 0 Å². The fourth-order valence-corrected chi connectivity index (χ4v) is 4.62. The zero-order chi connectivity index (χ0) is 17.2. The first-order valence-electron chi connectivity index (χ1n) is 7.91. The van der Waals surface area contributed by atoms with Crippen LogP contribution >= 0.6 is 0 Å². The summed E-state index contributed by atoms with van der Waals surface area (Å²) in [5.74, 6) is 0.0220. The lowest BCUT2D eigenvalue weighted by molar-refractivity contribution is 0.185. The number of methoxy groups -OCH3 is 1. The van der Waals surface area contributed by atoms with E-state index in [1.54, 1.807) is 31.4 Å². The lowest BCUT2D eigenvalue weighted by Crippen LogP contribution is -2.32. The van der Waals surface area contributed by atoms with Crippen molar-refractivity contribution in [2.75, 3.05) is 20.2 Å². The number of nitrogens with two attached hydrogens (primary N) is 1. The van der Waals surface area contributed by atoms with Gasteiger partial charge < -0.3 is 10.5 Å². The SMILES string of the molecule is COCc1ccc(S(=O)(=O)N2C[C@@H](N)[C@H](c3ccccc3)C2)cc1. The average molecular weight is 346 g/mol. The van der Waals surface area contributed by atoms with Crippen molar-refractivity contribution in [2.24, 2.45) is 5.73 Å². The minimum Gasteiger partial charge on any atom is -0.380 e. The molecule has 0 saturated carbocycles. The van der Waals surface area contributed by atoms with Crippen LogP contribution in [-0.4, -0.2) is 39.0 Å². The standard InChI is InChI=1S/C18H22N2O3S/c1-23-13-14-7-9-16(10-8-14)24(21,22)20-11-17(18(19)12-20)15-5-3-2-4-6-15/h2-10,17-18H,11-13,19H2,1H3/t17-,18+/m0/s1. The molecule has 2 N–H and O–H groups in total. The van der Waals surface area contributed by atoms with Gasteiger partial charge in [0.2, 0.25) is 10.0 Å². The van der Waals surface area contributed by atoms with Crippen LogP contribution in [0.4, 0.5) is 0 Å². The Morgan fingerprint density at radius 1 is 1.08 bits per heavy atom. The summed E-state index contributed by atoms with van der Waals surface area (Å²) in [5.41, 5.74) is 8.24. The molecular formula is C18H22N2O3S. The first kappa shape index (κ1) is 17.1. The van der Waals surface area contributed by atoms with Crippen LogP contribution in [0.3, 0.4) is 0 Å². The van der Waals surface area contributed by atoms with Crippen LogP contribution in [0, 0.1) is 0 Å². The average Bonchev–Trinajstić information content (AvgIpc) is 2.99. The summed E-state index contributed by atoms with van der Waals surface area (Å²) in [6.45, 7) is 1.21. The monoisotopic (exact) mass is 346 g/mol. The summed E-state index contributed by atoms with van der Waals surface area (Å²) in [6.07, 6.45) is 0. The number of nitrogens with zero attached hydrogens (tertiary/aromatic N) is 1. The fraction of sp³-hybridized carbons (Fsp3) is 0.333. The summed E-state index contributed by atoms with van der Waals surface area (Å²) in [6, 6.07) is 16.5. The van der Waals surface area contributed by atoms with Gasteiger partial charge in [-0.1, -0.05) is 42.5 Å². The van der Waals surface area contributed by atoms with Crippen molar-refractivity contribution in [3.05, 3.63) is 65.7 Å². The highest BCUT2D eigenvalue weighted by atomic mass is 32.2. The zero-order valence-electron chi connectivity index (χ0n) is 13.6. The van der Waals surface area contributed by atoms with Crippen LogP contribution in [0.2, 0.25) is 0 Å². The van der Waals surface area contributed by atoms with E-state index in [0.29, 0.717) is 24.6 Å². The minimum absolute atomic E-state index is 0.0220. The van der Waals surface area contributed by atoms with Crippen molar-refractivity contribution in [1.82, 2.24) is 4.31 Å². The molecule has 0 bridgehead atoms. The summed E-state index contributed by atoms with van der Waals surface area (Å²) in [4.78, 5) is 0.295. The number of rotatable bonds is 5. The number of hydrogen-bond donors (Lipinski definition) is 1. The van der Waals surface area contributed by atoms with Gasteiger partial charge in [0.05, 0.1) is 11.5 Å². The summed E-state index contributed by atoms with van der Waals surface area (Å²) < 4.78 is 32.3. The number of hydrogen-bond acceptors (Lipinski definition) is 4. The van der Waals surface area contributed by atoms with E-state index < -0.39 is 10.0 Å². The Morgan fingerprint density at radius 2 is 1.75 bits per heavy atom. The molecule has 3 rings (SSSR count). The predicted molar refractivity (Wildman–Crippen MR) is 93.1 cm³/mol. The van der Waals surface area contributed by atoms with Crippen LogP contribution in [0.15, 0.2) is 59.5 Å². The molecule has 5 nitrogen and oxygen atoms in total. The summed E-state index contributed by atoms with van der Waals surface area (Å²) >= 11 is 0. The normalized spacial score (nSPS) is 21.9. The van der Waals surface area contributed by atoms with Crippen LogP contribution in [0.1, 0.15) is 17.0 Å². The molecule has 1 fully saturated rings. The molecule has 128 valence electrons. The second-order valence-electron chi connectivity index (χ2n) is 6.08. The Kier molecular flexibility index (Phi) is 5.01. The maximum absolute atomic E-state index is 12.9. The highest BCUT2D eigenvalue weighted by molar-refractivity contribution is 7.89. The van der Waals surface area contributed by atoms with Crippen molar-refractivity contribution in [1.29, 1.82) is 0 Å². The molecule has 2 aromatic carbocycles. The van der Waals surface area contributed by atoms with Gasteiger partial charge >= 0.3 is 0 Å². The maximum Gasteiger partial charge on any atom is 0.243 e. The molecule has 0 aromatic heterocycles. The molecule has 0 aliphatic carbocycles. The number of ether oxygens (including phenoxy) is 1. The summed E-state index contributed by atoms with van der Waals surface area (Å²) in [5, 5.41) is 0. The first-order valence-corrected chi connectivity index (χ1v) is 9.35. The lowest BCUT2D eigenvalue weighted by Gasteiger charge is -2.17. The van der Waals surface area contributed by atoms with E-state index in [4.69, 9.17) is 10.5 Å². The topological polar surface area (TPSA) is 72.6 Å². The Bertz CT molecular complexity index is 776. The van der Waals surface area contributed by atoms with E-state index in [0.717, 1.165) is 11.1 Å². The van der Waals surface area contributed by atoms with Gasteiger partial charge in [-0.05, 0) is 23.3 Å². The van der Waals surface area contributed by atoms with Crippen molar-refractivity contribution in [3.63, 3.8) is 0 Å². The van der Waals surface area contributed by atoms with E-state index in [1.165, 1.54) is 4.31 Å². The molecule has 0 spiro atoms. The Morgan fingerprint density at radius 3 is 2.38 bits per heavy atom. The molecule has 24 heavy (non-hydrogen) atoms. The first-order chi connectivity index (χ1) is 11.5. The van der Waals surface area contributed by atoms with Crippen LogP contribution in [0.5, 0.6) is 0 Å². The van der Waals surface area contributed by atoms with Gasteiger partial charge in [-0.15, -0.1) is 0 Å². The molecule has 0 unspecified atom stereocenters. The van der Waals surface area contributed by atoms with Crippen molar-refractivity contribution in [3.8, 4) is 0 Å². The van der Waals surface area contributed by atoms with Crippen molar-refractivity contribution in [2.45, 2.75) is 23.5 Å². The van der Waals surface area contributed by atoms with E-state index >= 15 is 0 Å². The third kappa shape index (κ3) is 3.37. The van der Waals surface area contributed by atoms with Gasteiger partial charge in [-0.3, -0.25) is 0 Å². The molecule has 0 radical (unpaired) electrons. The molecule has 1 heterocycles. The van der Waals surface area contributed by atoms with E-state index in [9.17, 15) is 8.42 Å². The van der Waals surface area contributed by atoms with E-state index in [2.05, 4.69) is 0 Å². The molecule has 1 aliphatic rings. The van der Waals surface area contributed by atoms with Crippen molar-refractivity contribution >= 4 is 10.0 Å². The molecule has 2 aromatic rings. The highest BCUT2D eigenvalue weighted by Crippen LogP contribution is 2.30. The second kappa shape index (κ2) is 7.03. The molecule has 0 amide bonds. The van der Waals surface area contributed by atoms with Crippen LogP contribution < -0.4 is 5.73 Å². The smallest absolute Gasteiger partial charge is 0.243 e. The van der Waals surface area contributed by atoms with E-state index in [-0.39, 0.29) is 12.0 Å². The number of benzene rings is 2. The number of sulfonamides is 1. The third-order valence-electron chi connectivity index (χ3n) is 4.43. The molecule has 2 atom stereocenters. The molecular weight excluding hydrogens is 324 g/mol. The Hall–Kier alpha value is -1.73. The van der Waals surface area contributed by atoms with Gasteiger partial charge in [0.25, 0.3) is 0 Å². The molecule has 1 saturated heterocycles. The maximum atomic E-state index is 12.9. The Balaban J connectivity index is 1.80. The predicted octanol–water partition coefficient (Wildman–Crippen LogP) is 1.95. The van der Waals surface area contributed by atoms with Gasteiger partial charge in [0.1, 0.15) is 0 Å². The minimum atomic E-state index is -3.53. The highest BCUT2D eigenvalue weighted by Gasteiger charge is 2.38. The van der Waals surface area contributed by atoms with Gasteiger partial charge in [0.15, 0.2) is 0 Å². The fourth-order valence-electron chi connectivity index (χ4n) is 3.11. The van der Waals surface area contributed by atoms with Crippen molar-refractivity contribution < 1.29 is 13.2 Å². The quantitative estimate of drug-likeness (QED) is 0.898. The van der Waals surface area contributed by atoms with Gasteiger partial charge in [-0.25, -0.2) is 8.42 Å².